The molecule has 0 aliphatic heterocycles. The topological polar surface area (TPSA) is 66.0 Å². The third-order valence-corrected chi connectivity index (χ3v) is 2.21. The van der Waals surface area contributed by atoms with Crippen LogP contribution in [0.5, 0.6) is 0 Å². The molecule has 0 saturated carbocycles. The van der Waals surface area contributed by atoms with Crippen molar-refractivity contribution in [1.29, 1.82) is 0 Å². The lowest BCUT2D eigenvalue weighted by molar-refractivity contribution is -0.137. The van der Waals surface area contributed by atoms with Crippen molar-refractivity contribution in [1.82, 2.24) is 15.0 Å². The normalized spacial score (nSPS) is 11.8. The molecule has 0 fully saturated rings. The van der Waals surface area contributed by atoms with Gasteiger partial charge in [0.1, 0.15) is 12.3 Å². The first-order valence-corrected chi connectivity index (χ1v) is 4.91. The molecule has 2 aromatic rings. The number of hydrogen-bond donors (Lipinski definition) is 1. The molecule has 2 N–H and O–H groups in total. The van der Waals surface area contributed by atoms with Gasteiger partial charge < -0.3 is 0 Å². The van der Waals surface area contributed by atoms with Crippen LogP contribution in [0.15, 0.2) is 30.5 Å². The standard InChI is InChI=1S/C10H9F3N4O/c11-10(12,13)7-2-1-3-9(4-7)17-5-8(6-18-14)15-16-17/h1-5H,6,14H2. The van der Waals surface area contributed by atoms with Crippen molar-refractivity contribution in [2.24, 2.45) is 5.90 Å². The molecule has 0 saturated heterocycles. The van der Waals surface area contributed by atoms with Crippen LogP contribution in [-0.2, 0) is 17.6 Å². The van der Waals surface area contributed by atoms with Crippen LogP contribution in [0, 0.1) is 0 Å². The van der Waals surface area contributed by atoms with E-state index < -0.39 is 11.7 Å². The molecule has 0 radical (unpaired) electrons. The lowest BCUT2D eigenvalue weighted by Gasteiger charge is -2.07. The molecule has 0 bridgehead atoms. The highest BCUT2D eigenvalue weighted by Gasteiger charge is 2.30. The first-order chi connectivity index (χ1) is 8.50. The predicted octanol–water partition coefficient (Wildman–Crippen LogP) is 1.68. The second-order valence-corrected chi connectivity index (χ2v) is 3.51. The van der Waals surface area contributed by atoms with Crippen LogP contribution in [0.3, 0.4) is 0 Å². The molecule has 96 valence electrons. The molecule has 2 rings (SSSR count). The van der Waals surface area contributed by atoms with Crippen molar-refractivity contribution in [3.63, 3.8) is 0 Å². The van der Waals surface area contributed by atoms with E-state index in [4.69, 9.17) is 5.90 Å². The molecule has 8 heteroatoms. The van der Waals surface area contributed by atoms with Crippen LogP contribution < -0.4 is 5.90 Å². The fourth-order valence-corrected chi connectivity index (χ4v) is 1.40. The van der Waals surface area contributed by atoms with Crippen LogP contribution in [-0.4, -0.2) is 15.0 Å². The highest BCUT2D eigenvalue weighted by atomic mass is 19.4. The van der Waals surface area contributed by atoms with E-state index in [2.05, 4.69) is 15.1 Å². The summed E-state index contributed by atoms with van der Waals surface area (Å²) in [6.45, 7) is 0.0406. The molecule has 18 heavy (non-hydrogen) atoms. The summed E-state index contributed by atoms with van der Waals surface area (Å²) < 4.78 is 38.8. The van der Waals surface area contributed by atoms with Crippen LogP contribution in [0.2, 0.25) is 0 Å². The lowest BCUT2D eigenvalue weighted by atomic mass is 10.2. The van der Waals surface area contributed by atoms with Gasteiger partial charge in [0, 0.05) is 0 Å². The Morgan fingerprint density at radius 1 is 1.33 bits per heavy atom. The van der Waals surface area contributed by atoms with Crippen molar-refractivity contribution in [2.45, 2.75) is 12.8 Å². The monoisotopic (exact) mass is 258 g/mol. The highest BCUT2D eigenvalue weighted by molar-refractivity contribution is 5.36. The molecule has 1 aromatic carbocycles. The molecule has 0 aliphatic carbocycles. The molecule has 0 spiro atoms. The maximum atomic E-state index is 12.5. The molecule has 0 aliphatic rings. The van der Waals surface area contributed by atoms with Gasteiger partial charge in [0.25, 0.3) is 0 Å². The van der Waals surface area contributed by atoms with Crippen molar-refractivity contribution in [2.75, 3.05) is 0 Å². The van der Waals surface area contributed by atoms with Gasteiger partial charge in [-0.15, -0.1) is 5.10 Å². The maximum absolute atomic E-state index is 12.5. The van der Waals surface area contributed by atoms with Gasteiger partial charge >= 0.3 is 6.18 Å². The molecule has 0 unspecified atom stereocenters. The summed E-state index contributed by atoms with van der Waals surface area (Å²) >= 11 is 0. The van der Waals surface area contributed by atoms with E-state index in [9.17, 15) is 13.2 Å². The quantitative estimate of drug-likeness (QED) is 0.850. The van der Waals surface area contributed by atoms with E-state index in [0.717, 1.165) is 12.1 Å². The molecular formula is C10H9F3N4O. The van der Waals surface area contributed by atoms with Gasteiger partial charge in [-0.3, -0.25) is 4.84 Å². The summed E-state index contributed by atoms with van der Waals surface area (Å²) in [5.41, 5.74) is -0.0531. The first-order valence-electron chi connectivity index (χ1n) is 4.91. The highest BCUT2D eigenvalue weighted by Crippen LogP contribution is 2.30. The summed E-state index contributed by atoms with van der Waals surface area (Å²) in [6, 6.07) is 4.78. The fraction of sp³-hybridized carbons (Fsp3) is 0.200. The zero-order valence-electron chi connectivity index (χ0n) is 9.05. The van der Waals surface area contributed by atoms with Gasteiger partial charge in [-0.2, -0.15) is 13.2 Å². The minimum Gasteiger partial charge on any atom is -0.298 e. The predicted molar refractivity (Wildman–Crippen MR) is 55.3 cm³/mol. The van der Waals surface area contributed by atoms with E-state index in [-0.39, 0.29) is 12.3 Å². The number of halogens is 3. The average molecular weight is 258 g/mol. The van der Waals surface area contributed by atoms with Crippen molar-refractivity contribution >= 4 is 0 Å². The molecule has 1 aromatic heterocycles. The van der Waals surface area contributed by atoms with Crippen molar-refractivity contribution in [3.8, 4) is 5.69 Å². The molecular weight excluding hydrogens is 249 g/mol. The Balaban J connectivity index is 2.32. The molecule has 0 atom stereocenters. The van der Waals surface area contributed by atoms with Gasteiger partial charge in [-0.05, 0) is 18.2 Å². The summed E-state index contributed by atoms with van der Waals surface area (Å²) in [7, 11) is 0. The Bertz CT molecular complexity index is 538. The second-order valence-electron chi connectivity index (χ2n) is 3.51. The van der Waals surface area contributed by atoms with Gasteiger partial charge in [0.05, 0.1) is 17.4 Å². The Kier molecular flexibility index (Phi) is 3.30. The Labute approximate surface area is 99.9 Å². The number of benzene rings is 1. The van der Waals surface area contributed by atoms with E-state index in [1.807, 2.05) is 0 Å². The van der Waals surface area contributed by atoms with Crippen molar-refractivity contribution < 1.29 is 18.0 Å². The minimum atomic E-state index is -4.39. The smallest absolute Gasteiger partial charge is 0.298 e. The Hall–Kier alpha value is -1.93. The molecule has 5 nitrogen and oxygen atoms in total. The number of aromatic nitrogens is 3. The van der Waals surface area contributed by atoms with Crippen LogP contribution in [0.25, 0.3) is 5.69 Å². The molecule has 0 amide bonds. The number of hydrogen-bond acceptors (Lipinski definition) is 4. The third-order valence-electron chi connectivity index (χ3n) is 2.21. The fourth-order valence-electron chi connectivity index (χ4n) is 1.40. The Morgan fingerprint density at radius 3 is 2.78 bits per heavy atom. The molecule has 1 heterocycles. The number of nitrogens with zero attached hydrogens (tertiary/aromatic N) is 3. The zero-order chi connectivity index (χ0) is 13.2. The largest absolute Gasteiger partial charge is 0.416 e. The summed E-state index contributed by atoms with van der Waals surface area (Å²) in [4.78, 5) is 4.36. The summed E-state index contributed by atoms with van der Waals surface area (Å²) in [5, 5.41) is 7.39. The van der Waals surface area contributed by atoms with Crippen LogP contribution in [0.4, 0.5) is 13.2 Å². The van der Waals surface area contributed by atoms with E-state index >= 15 is 0 Å². The zero-order valence-corrected chi connectivity index (χ0v) is 9.05. The lowest BCUT2D eigenvalue weighted by Crippen LogP contribution is -2.06. The van der Waals surface area contributed by atoms with Gasteiger partial charge in [-0.1, -0.05) is 11.3 Å². The van der Waals surface area contributed by atoms with E-state index in [1.54, 1.807) is 0 Å². The van der Waals surface area contributed by atoms with Gasteiger partial charge in [0.15, 0.2) is 0 Å². The van der Waals surface area contributed by atoms with Gasteiger partial charge in [-0.25, -0.2) is 10.6 Å². The van der Waals surface area contributed by atoms with Crippen molar-refractivity contribution in [3.05, 3.63) is 41.7 Å². The van der Waals surface area contributed by atoms with E-state index in [1.165, 1.54) is 23.0 Å². The average Bonchev–Trinajstić information content (AvgIpc) is 2.77. The maximum Gasteiger partial charge on any atom is 0.416 e. The SMILES string of the molecule is NOCc1cn(-c2cccc(C(F)(F)F)c2)nn1. The number of rotatable bonds is 3. The van der Waals surface area contributed by atoms with Crippen LogP contribution in [0.1, 0.15) is 11.3 Å². The number of nitrogens with two attached hydrogens (primary N) is 1. The van der Waals surface area contributed by atoms with Crippen LogP contribution >= 0.6 is 0 Å². The van der Waals surface area contributed by atoms with E-state index in [0.29, 0.717) is 5.69 Å². The minimum absolute atomic E-state index is 0.0406. The Morgan fingerprint density at radius 2 is 2.11 bits per heavy atom. The summed E-state index contributed by atoms with van der Waals surface area (Å²) in [5.74, 6) is 4.86. The second kappa shape index (κ2) is 4.75. The third kappa shape index (κ3) is 2.66. The number of alkyl halides is 3. The summed E-state index contributed by atoms with van der Waals surface area (Å²) in [6.07, 6.45) is -2.94. The van der Waals surface area contributed by atoms with Gasteiger partial charge in [0.2, 0.25) is 0 Å². The first kappa shape index (κ1) is 12.5.